The van der Waals surface area contributed by atoms with Crippen molar-refractivity contribution in [2.45, 2.75) is 6.42 Å². The Morgan fingerprint density at radius 1 is 1.35 bits per heavy atom. The molecule has 0 spiro atoms. The van der Waals surface area contributed by atoms with E-state index in [1.807, 2.05) is 0 Å². The minimum absolute atomic E-state index is 0.0506. The summed E-state index contributed by atoms with van der Waals surface area (Å²) in [5.74, 6) is -1.01. The summed E-state index contributed by atoms with van der Waals surface area (Å²) in [5, 5.41) is 4.94. The number of carbonyl (C=O) groups excluding carboxylic acids is 2. The van der Waals surface area contributed by atoms with Gasteiger partial charge in [-0.2, -0.15) is 0 Å². The minimum atomic E-state index is -0.541. The first kappa shape index (κ1) is 15.9. The van der Waals surface area contributed by atoms with Gasteiger partial charge in [0.15, 0.2) is 0 Å². The molecule has 4 N–H and O–H groups in total. The Hall–Kier alpha value is -2.15. The van der Waals surface area contributed by atoms with Crippen LogP contribution in [0.25, 0.3) is 0 Å². The van der Waals surface area contributed by atoms with Crippen LogP contribution in [0.3, 0.4) is 0 Å². The van der Waals surface area contributed by atoms with Gasteiger partial charge in [-0.05, 0) is 25.2 Å². The average molecular weight is 282 g/mol. The van der Waals surface area contributed by atoms with E-state index >= 15 is 0 Å². The van der Waals surface area contributed by atoms with E-state index in [1.54, 1.807) is 19.0 Å². The molecule has 0 aliphatic rings. The molecule has 6 nitrogen and oxygen atoms in total. The van der Waals surface area contributed by atoms with Crippen molar-refractivity contribution in [3.05, 3.63) is 24.0 Å². The number of carbonyl (C=O) groups is 2. The van der Waals surface area contributed by atoms with Crippen molar-refractivity contribution in [1.82, 2.24) is 10.2 Å². The van der Waals surface area contributed by atoms with Gasteiger partial charge < -0.3 is 16.4 Å². The molecule has 0 fully saturated rings. The van der Waals surface area contributed by atoms with Gasteiger partial charge in [0.25, 0.3) is 0 Å². The number of benzene rings is 1. The van der Waals surface area contributed by atoms with Crippen LogP contribution in [0.5, 0.6) is 0 Å². The summed E-state index contributed by atoms with van der Waals surface area (Å²) in [6.45, 7) is 0.498. The molecule has 0 aliphatic carbocycles. The second kappa shape index (κ2) is 7.44. The molecule has 0 atom stereocenters. The predicted molar refractivity (Wildman–Crippen MR) is 75.6 cm³/mol. The van der Waals surface area contributed by atoms with Gasteiger partial charge in [0.2, 0.25) is 11.8 Å². The highest BCUT2D eigenvalue weighted by Crippen LogP contribution is 2.17. The molecule has 1 aromatic rings. The highest BCUT2D eigenvalue weighted by atomic mass is 19.1. The van der Waals surface area contributed by atoms with Crippen LogP contribution in [0.2, 0.25) is 0 Å². The highest BCUT2D eigenvalue weighted by Gasteiger charge is 2.11. The summed E-state index contributed by atoms with van der Waals surface area (Å²) < 4.78 is 13.4. The molecule has 0 unspecified atom stereocenters. The van der Waals surface area contributed by atoms with Crippen molar-refractivity contribution >= 4 is 23.2 Å². The monoisotopic (exact) mass is 282 g/mol. The van der Waals surface area contributed by atoms with Gasteiger partial charge in [-0.1, -0.05) is 0 Å². The molecule has 0 radical (unpaired) electrons. The van der Waals surface area contributed by atoms with Crippen LogP contribution in [-0.2, 0) is 9.59 Å². The Labute approximate surface area is 117 Å². The third kappa shape index (κ3) is 5.23. The summed E-state index contributed by atoms with van der Waals surface area (Å²) in [6, 6.07) is 3.97. The van der Waals surface area contributed by atoms with Gasteiger partial charge in [-0.3, -0.25) is 14.5 Å². The molecule has 0 bridgehead atoms. The fourth-order valence-electron chi connectivity index (χ4n) is 1.57. The zero-order valence-corrected chi connectivity index (χ0v) is 11.6. The van der Waals surface area contributed by atoms with E-state index in [-0.39, 0.29) is 24.0 Å². The van der Waals surface area contributed by atoms with Crippen LogP contribution in [0.15, 0.2) is 18.2 Å². The number of nitrogen functional groups attached to an aromatic ring is 1. The molecule has 0 saturated carbocycles. The quantitative estimate of drug-likeness (QED) is 0.660. The Bertz CT molecular complexity index is 493. The first-order chi connectivity index (χ1) is 9.42. The van der Waals surface area contributed by atoms with Crippen molar-refractivity contribution in [2.24, 2.45) is 0 Å². The van der Waals surface area contributed by atoms with Gasteiger partial charge in [0.1, 0.15) is 5.82 Å². The Balaban J connectivity index is 2.47. The second-order valence-electron chi connectivity index (χ2n) is 4.45. The van der Waals surface area contributed by atoms with E-state index in [0.717, 1.165) is 0 Å². The van der Waals surface area contributed by atoms with Gasteiger partial charge in [-0.25, -0.2) is 4.39 Å². The van der Waals surface area contributed by atoms with E-state index in [9.17, 15) is 14.0 Å². The van der Waals surface area contributed by atoms with Crippen LogP contribution < -0.4 is 16.4 Å². The van der Waals surface area contributed by atoms with E-state index < -0.39 is 5.82 Å². The van der Waals surface area contributed by atoms with E-state index in [1.165, 1.54) is 18.2 Å². The number of hydrogen-bond acceptors (Lipinski definition) is 4. The number of hydrogen-bond donors (Lipinski definition) is 3. The standard InChI is InChI=1S/C13H19FN4O2/c1-16-12(19)5-6-18(2)8-13(20)17-11-7-9(15)3-4-10(11)14/h3-4,7H,5-6,8,15H2,1-2H3,(H,16,19)(H,17,20). The van der Waals surface area contributed by atoms with Crippen molar-refractivity contribution in [3.63, 3.8) is 0 Å². The lowest BCUT2D eigenvalue weighted by Crippen LogP contribution is -2.33. The molecule has 2 amide bonds. The normalized spacial score (nSPS) is 10.4. The molecule has 7 heteroatoms. The lowest BCUT2D eigenvalue weighted by molar-refractivity contribution is -0.122. The summed E-state index contributed by atoms with van der Waals surface area (Å²) in [5.41, 5.74) is 5.95. The molecule has 20 heavy (non-hydrogen) atoms. The molecule has 0 aliphatic heterocycles. The number of anilines is 2. The number of nitrogens with two attached hydrogens (primary N) is 1. The van der Waals surface area contributed by atoms with Gasteiger partial charge in [-0.15, -0.1) is 0 Å². The first-order valence-electron chi connectivity index (χ1n) is 6.16. The summed E-state index contributed by atoms with van der Waals surface area (Å²) >= 11 is 0. The van der Waals surface area contributed by atoms with Crippen LogP contribution in [0.4, 0.5) is 15.8 Å². The molecule has 0 saturated heterocycles. The fourth-order valence-corrected chi connectivity index (χ4v) is 1.57. The highest BCUT2D eigenvalue weighted by molar-refractivity contribution is 5.92. The summed E-state index contributed by atoms with van der Waals surface area (Å²) in [4.78, 5) is 24.5. The number of nitrogens with zero attached hydrogens (tertiary/aromatic N) is 1. The number of likely N-dealkylation sites (N-methyl/N-ethyl adjacent to an activating group) is 1. The Kier molecular flexibility index (Phi) is 5.92. The number of amides is 2. The third-order valence-electron chi connectivity index (χ3n) is 2.68. The van der Waals surface area contributed by atoms with Crippen LogP contribution in [-0.4, -0.2) is 43.9 Å². The van der Waals surface area contributed by atoms with Crippen LogP contribution in [0.1, 0.15) is 6.42 Å². The number of nitrogens with one attached hydrogen (secondary N) is 2. The zero-order chi connectivity index (χ0) is 15.1. The number of halogens is 1. The van der Waals surface area contributed by atoms with Crippen molar-refractivity contribution in [3.8, 4) is 0 Å². The van der Waals surface area contributed by atoms with Gasteiger partial charge in [0.05, 0.1) is 12.2 Å². The minimum Gasteiger partial charge on any atom is -0.399 e. The Morgan fingerprint density at radius 2 is 2.05 bits per heavy atom. The Morgan fingerprint density at radius 3 is 2.70 bits per heavy atom. The third-order valence-corrected chi connectivity index (χ3v) is 2.68. The summed E-state index contributed by atoms with van der Waals surface area (Å²) in [7, 11) is 3.26. The topological polar surface area (TPSA) is 87.5 Å². The average Bonchev–Trinajstić information content (AvgIpc) is 2.40. The molecule has 0 heterocycles. The van der Waals surface area contributed by atoms with Crippen LogP contribution >= 0.6 is 0 Å². The predicted octanol–water partition coefficient (Wildman–Crippen LogP) is 0.414. The lowest BCUT2D eigenvalue weighted by atomic mass is 10.2. The molecule has 110 valence electrons. The van der Waals surface area contributed by atoms with Gasteiger partial charge >= 0.3 is 0 Å². The number of rotatable bonds is 6. The lowest BCUT2D eigenvalue weighted by Gasteiger charge is -2.16. The summed E-state index contributed by atoms with van der Waals surface area (Å²) in [6.07, 6.45) is 0.299. The molecular weight excluding hydrogens is 263 g/mol. The maximum absolute atomic E-state index is 13.4. The van der Waals surface area contributed by atoms with Crippen molar-refractivity contribution in [1.29, 1.82) is 0 Å². The fraction of sp³-hybridized carbons (Fsp3) is 0.385. The van der Waals surface area contributed by atoms with E-state index in [0.29, 0.717) is 18.7 Å². The molecule has 1 rings (SSSR count). The van der Waals surface area contributed by atoms with Crippen molar-refractivity contribution < 1.29 is 14.0 Å². The largest absolute Gasteiger partial charge is 0.399 e. The zero-order valence-electron chi connectivity index (χ0n) is 11.6. The van der Waals surface area contributed by atoms with Crippen molar-refractivity contribution in [2.75, 3.05) is 38.2 Å². The first-order valence-corrected chi connectivity index (χ1v) is 6.16. The molecule has 1 aromatic carbocycles. The van der Waals surface area contributed by atoms with Crippen LogP contribution in [0, 0.1) is 5.82 Å². The molecular formula is C13H19FN4O2. The maximum Gasteiger partial charge on any atom is 0.238 e. The maximum atomic E-state index is 13.4. The molecule has 0 aromatic heterocycles. The second-order valence-corrected chi connectivity index (χ2v) is 4.45. The smallest absolute Gasteiger partial charge is 0.238 e. The SMILES string of the molecule is CNC(=O)CCN(C)CC(=O)Nc1cc(N)ccc1F. The van der Waals surface area contributed by atoms with E-state index in [2.05, 4.69) is 10.6 Å². The van der Waals surface area contributed by atoms with E-state index in [4.69, 9.17) is 5.73 Å². The van der Waals surface area contributed by atoms with Gasteiger partial charge in [0, 0.05) is 25.7 Å².